The van der Waals surface area contributed by atoms with E-state index in [1.165, 1.54) is 21.4 Å². The Morgan fingerprint density at radius 1 is 1.14 bits per heavy atom. The monoisotopic (exact) mass is 389 g/mol. The van der Waals surface area contributed by atoms with Crippen molar-refractivity contribution in [2.24, 2.45) is 7.05 Å². The zero-order chi connectivity index (χ0) is 20.1. The number of pyridine rings is 1. The fourth-order valence-electron chi connectivity index (χ4n) is 3.00. The summed E-state index contributed by atoms with van der Waals surface area (Å²) in [5.74, 6) is 0.614. The van der Waals surface area contributed by atoms with Gasteiger partial charge in [-0.25, -0.2) is 9.78 Å². The van der Waals surface area contributed by atoms with Gasteiger partial charge in [0.25, 0.3) is 0 Å². The van der Waals surface area contributed by atoms with E-state index in [1.807, 2.05) is 0 Å². The molecule has 0 saturated heterocycles. The molecule has 0 aliphatic carbocycles. The molecule has 7 nitrogen and oxygen atoms in total. The van der Waals surface area contributed by atoms with Gasteiger partial charge in [-0.1, -0.05) is 12.1 Å². The summed E-state index contributed by atoms with van der Waals surface area (Å²) in [5.41, 5.74) is 0.562. The zero-order valence-corrected chi connectivity index (χ0v) is 14.9. The van der Waals surface area contributed by atoms with Gasteiger partial charge in [0, 0.05) is 25.7 Å². The Hall–Kier alpha value is -3.43. The van der Waals surface area contributed by atoms with Crippen LogP contribution in [0.15, 0.2) is 45.7 Å². The molecule has 0 atom stereocenters. The van der Waals surface area contributed by atoms with Gasteiger partial charge in [-0.15, -0.1) is 10.2 Å². The third-order valence-electron chi connectivity index (χ3n) is 4.36. The lowest BCUT2D eigenvalue weighted by atomic mass is 10.0. The van der Waals surface area contributed by atoms with Crippen LogP contribution in [0.1, 0.15) is 17.3 Å². The molecule has 0 saturated carbocycles. The molecule has 0 amide bonds. The number of hydrogen-bond acceptors (Lipinski definition) is 5. The van der Waals surface area contributed by atoms with Gasteiger partial charge >= 0.3 is 11.9 Å². The fourth-order valence-corrected chi connectivity index (χ4v) is 3.00. The highest BCUT2D eigenvalue weighted by molar-refractivity contribution is 5.79. The molecular weight excluding hydrogens is 375 g/mol. The maximum Gasteiger partial charge on any atom is 0.416 e. The summed E-state index contributed by atoms with van der Waals surface area (Å²) in [5, 5.41) is 7.62. The molecule has 0 radical (unpaired) electrons. The molecule has 1 aromatic carbocycles. The summed E-state index contributed by atoms with van der Waals surface area (Å²) in [6.45, 7) is 1.67. The number of aromatic nitrogens is 5. The van der Waals surface area contributed by atoms with Gasteiger partial charge in [0.2, 0.25) is 11.8 Å². The first kappa shape index (κ1) is 18.0. The summed E-state index contributed by atoms with van der Waals surface area (Å²) in [4.78, 5) is 16.9. The first-order valence-electron chi connectivity index (χ1n) is 8.26. The maximum atomic E-state index is 13.0. The summed E-state index contributed by atoms with van der Waals surface area (Å²) in [6.07, 6.45) is -3.00. The van der Waals surface area contributed by atoms with Gasteiger partial charge in [-0.3, -0.25) is 9.13 Å². The molecule has 10 heteroatoms. The molecule has 28 heavy (non-hydrogen) atoms. The molecule has 0 aliphatic heterocycles. The standard InChI is InChI=1S/C18H14F3N5O2/c1-10-23-24-15(28-10)9-26-14-7-12(8-22-16(14)25(2)17(26)27)11-4-3-5-13(6-11)18(19,20)21/h3-8H,9H2,1-2H3. The molecule has 3 heterocycles. The molecule has 144 valence electrons. The van der Waals surface area contributed by atoms with Crippen LogP contribution in [0.4, 0.5) is 13.2 Å². The van der Waals surface area contributed by atoms with E-state index in [0.717, 1.165) is 12.1 Å². The van der Waals surface area contributed by atoms with Crippen LogP contribution < -0.4 is 5.69 Å². The second kappa shape index (κ2) is 6.32. The number of halogens is 3. The van der Waals surface area contributed by atoms with Gasteiger partial charge in [0.15, 0.2) is 5.65 Å². The van der Waals surface area contributed by atoms with Crippen molar-refractivity contribution in [3.63, 3.8) is 0 Å². The summed E-state index contributed by atoms with van der Waals surface area (Å²) in [6, 6.07) is 6.58. The predicted octanol–water partition coefficient (Wildman–Crippen LogP) is 3.16. The second-order valence-electron chi connectivity index (χ2n) is 6.29. The van der Waals surface area contributed by atoms with Crippen molar-refractivity contribution >= 4 is 11.2 Å². The van der Waals surface area contributed by atoms with E-state index in [0.29, 0.717) is 28.2 Å². The lowest BCUT2D eigenvalue weighted by Gasteiger charge is -2.09. The minimum absolute atomic E-state index is 0.0325. The largest absolute Gasteiger partial charge is 0.424 e. The number of nitrogens with zero attached hydrogens (tertiary/aromatic N) is 5. The summed E-state index contributed by atoms with van der Waals surface area (Å²) < 4.78 is 47.1. The third kappa shape index (κ3) is 3.06. The molecule has 4 aromatic rings. The van der Waals surface area contributed by atoms with Crippen molar-refractivity contribution in [1.82, 2.24) is 24.3 Å². The van der Waals surface area contributed by atoms with Gasteiger partial charge < -0.3 is 4.42 Å². The van der Waals surface area contributed by atoms with Crippen LogP contribution >= 0.6 is 0 Å². The summed E-state index contributed by atoms with van der Waals surface area (Å²) in [7, 11) is 1.57. The first-order valence-corrected chi connectivity index (χ1v) is 8.26. The quantitative estimate of drug-likeness (QED) is 0.538. The van der Waals surface area contributed by atoms with Gasteiger partial charge in [0.1, 0.15) is 6.54 Å². The van der Waals surface area contributed by atoms with Crippen molar-refractivity contribution < 1.29 is 17.6 Å². The molecule has 0 unspecified atom stereocenters. The van der Waals surface area contributed by atoms with E-state index in [4.69, 9.17) is 4.42 Å². The fraction of sp³-hybridized carbons (Fsp3) is 0.222. The van der Waals surface area contributed by atoms with E-state index in [-0.39, 0.29) is 18.1 Å². The number of aryl methyl sites for hydroxylation is 2. The summed E-state index contributed by atoms with van der Waals surface area (Å²) >= 11 is 0. The van der Waals surface area contributed by atoms with E-state index < -0.39 is 11.7 Å². The van der Waals surface area contributed by atoms with Gasteiger partial charge in [0.05, 0.1) is 11.1 Å². The van der Waals surface area contributed by atoms with E-state index in [1.54, 1.807) is 26.1 Å². The predicted molar refractivity (Wildman–Crippen MR) is 93.5 cm³/mol. The highest BCUT2D eigenvalue weighted by Crippen LogP contribution is 2.32. The minimum Gasteiger partial charge on any atom is -0.424 e. The molecular formula is C18H14F3N5O2. The van der Waals surface area contributed by atoms with Crippen molar-refractivity contribution in [3.8, 4) is 11.1 Å². The van der Waals surface area contributed by atoms with E-state index in [9.17, 15) is 18.0 Å². The zero-order valence-electron chi connectivity index (χ0n) is 14.9. The number of alkyl halides is 3. The number of benzene rings is 1. The Kier molecular flexibility index (Phi) is 4.06. The Morgan fingerprint density at radius 3 is 2.61 bits per heavy atom. The van der Waals surface area contributed by atoms with Crippen molar-refractivity contribution in [1.29, 1.82) is 0 Å². The minimum atomic E-state index is -4.45. The van der Waals surface area contributed by atoms with Crippen LogP contribution in [0, 0.1) is 6.92 Å². The Morgan fingerprint density at radius 2 is 1.93 bits per heavy atom. The van der Waals surface area contributed by atoms with Crippen molar-refractivity contribution in [2.45, 2.75) is 19.6 Å². The molecule has 3 aromatic heterocycles. The van der Waals surface area contributed by atoms with Crippen molar-refractivity contribution in [3.05, 3.63) is 64.4 Å². The molecule has 0 bridgehead atoms. The number of fused-ring (bicyclic) bond motifs is 1. The lowest BCUT2D eigenvalue weighted by molar-refractivity contribution is -0.137. The molecule has 0 N–H and O–H groups in total. The normalized spacial score (nSPS) is 12.0. The Balaban J connectivity index is 1.85. The highest BCUT2D eigenvalue weighted by atomic mass is 19.4. The molecule has 0 fully saturated rings. The maximum absolute atomic E-state index is 13.0. The van der Waals surface area contributed by atoms with Crippen LogP contribution in [0.5, 0.6) is 0 Å². The molecule has 0 spiro atoms. The number of rotatable bonds is 3. The Labute approximate surface area is 156 Å². The highest BCUT2D eigenvalue weighted by Gasteiger charge is 2.30. The SMILES string of the molecule is Cc1nnc(Cn2c(=O)n(C)c3ncc(-c4cccc(C(F)(F)F)c4)cc32)o1. The van der Waals surface area contributed by atoms with Crippen LogP contribution in [0.2, 0.25) is 0 Å². The average Bonchev–Trinajstić information content (AvgIpc) is 3.18. The Bertz CT molecular complexity index is 1240. The van der Waals surface area contributed by atoms with Gasteiger partial charge in [-0.05, 0) is 23.8 Å². The van der Waals surface area contributed by atoms with Crippen LogP contribution in [0.25, 0.3) is 22.3 Å². The third-order valence-corrected chi connectivity index (χ3v) is 4.36. The lowest BCUT2D eigenvalue weighted by Crippen LogP contribution is -2.22. The smallest absolute Gasteiger partial charge is 0.416 e. The number of imidazole rings is 1. The average molecular weight is 389 g/mol. The van der Waals surface area contributed by atoms with Crippen molar-refractivity contribution in [2.75, 3.05) is 0 Å². The molecule has 0 aliphatic rings. The van der Waals surface area contributed by atoms with E-state index >= 15 is 0 Å². The first-order chi connectivity index (χ1) is 13.2. The van der Waals surface area contributed by atoms with Crippen LogP contribution in [-0.2, 0) is 19.8 Å². The van der Waals surface area contributed by atoms with Crippen LogP contribution in [-0.4, -0.2) is 24.3 Å². The van der Waals surface area contributed by atoms with Gasteiger partial charge in [-0.2, -0.15) is 13.2 Å². The second-order valence-corrected chi connectivity index (χ2v) is 6.29. The van der Waals surface area contributed by atoms with Crippen LogP contribution in [0.3, 0.4) is 0 Å². The van der Waals surface area contributed by atoms with E-state index in [2.05, 4.69) is 15.2 Å². The number of hydrogen-bond donors (Lipinski definition) is 0. The molecule has 4 rings (SSSR count). The topological polar surface area (TPSA) is 78.7 Å².